The highest BCUT2D eigenvalue weighted by atomic mass is 16.2. The van der Waals surface area contributed by atoms with E-state index in [0.717, 1.165) is 18.3 Å². The second-order valence-corrected chi connectivity index (χ2v) is 1.33. The van der Waals surface area contributed by atoms with Crippen LogP contribution in [0.2, 0.25) is 0 Å². The molecule has 0 spiro atoms. The van der Waals surface area contributed by atoms with Gasteiger partial charge in [-0.3, -0.25) is 0 Å². The lowest BCUT2D eigenvalue weighted by molar-refractivity contribution is 0.473. The number of aliphatic hydroxyl groups excluding tert-OH is 1. The molecule has 0 aromatic rings. The van der Waals surface area contributed by atoms with Gasteiger partial charge in [0.1, 0.15) is 0 Å². The minimum absolute atomic E-state index is 0.900. The quantitative estimate of drug-likeness (QED) is 0.414. The molecule has 0 saturated heterocycles. The van der Waals surface area contributed by atoms with Gasteiger partial charge in [0.05, 0.1) is 6.26 Å². The van der Waals surface area contributed by atoms with Gasteiger partial charge in [-0.25, -0.2) is 0 Å². The third-order valence-corrected chi connectivity index (χ3v) is 0.764. The van der Waals surface area contributed by atoms with Gasteiger partial charge < -0.3 is 5.11 Å². The molecule has 0 aromatic heterocycles. The Hall–Kier alpha value is -0.720. The predicted molar refractivity (Wildman–Crippen MR) is 31.2 cm³/mol. The summed E-state index contributed by atoms with van der Waals surface area (Å²) in [6.45, 7) is 5.60. The molecule has 0 fully saturated rings. The molecule has 0 aliphatic rings. The van der Waals surface area contributed by atoms with Crippen LogP contribution >= 0.6 is 0 Å². The fourth-order valence-electron chi connectivity index (χ4n) is 0.223. The van der Waals surface area contributed by atoms with Crippen molar-refractivity contribution in [2.75, 3.05) is 0 Å². The molecule has 0 aliphatic heterocycles. The Kier molecular flexibility index (Phi) is 3.11. The number of hydrogen-bond donors (Lipinski definition) is 1. The van der Waals surface area contributed by atoms with Gasteiger partial charge in [-0.2, -0.15) is 0 Å². The van der Waals surface area contributed by atoms with Crippen LogP contribution in [-0.4, -0.2) is 5.11 Å². The molecule has 0 atom stereocenters. The third-order valence-electron chi connectivity index (χ3n) is 0.764. The first-order valence-electron chi connectivity index (χ1n) is 2.29. The maximum Gasteiger partial charge on any atom is 0.0794 e. The van der Waals surface area contributed by atoms with Crippen molar-refractivity contribution >= 4 is 0 Å². The Balaban J connectivity index is 3.37. The van der Waals surface area contributed by atoms with Gasteiger partial charge in [0.25, 0.3) is 0 Å². The topological polar surface area (TPSA) is 20.2 Å². The number of rotatable bonds is 2. The van der Waals surface area contributed by atoms with Crippen LogP contribution in [0, 0.1) is 0 Å². The summed E-state index contributed by atoms with van der Waals surface area (Å²) in [5.41, 5.74) is 0.947. The van der Waals surface area contributed by atoms with Crippen LogP contribution < -0.4 is 0 Å². The molecule has 1 N–H and O–H groups in total. The van der Waals surface area contributed by atoms with Crippen molar-refractivity contribution in [3.8, 4) is 0 Å². The number of hydrogen-bond acceptors (Lipinski definition) is 1. The first kappa shape index (κ1) is 6.28. The van der Waals surface area contributed by atoms with Gasteiger partial charge in [-0.1, -0.05) is 19.1 Å². The average molecular weight is 98.1 g/mol. The van der Waals surface area contributed by atoms with Crippen molar-refractivity contribution in [2.45, 2.75) is 13.3 Å². The Morgan fingerprint density at radius 1 is 1.86 bits per heavy atom. The summed E-state index contributed by atoms with van der Waals surface area (Å²) in [6, 6.07) is 0. The molecule has 0 aliphatic carbocycles. The lowest BCUT2D eigenvalue weighted by atomic mass is 10.2. The molecule has 40 valence electrons. The molecule has 0 unspecified atom stereocenters. The van der Waals surface area contributed by atoms with E-state index < -0.39 is 0 Å². The van der Waals surface area contributed by atoms with E-state index >= 15 is 0 Å². The summed E-state index contributed by atoms with van der Waals surface area (Å²) in [7, 11) is 0. The highest BCUT2D eigenvalue weighted by Crippen LogP contribution is 1.95. The van der Waals surface area contributed by atoms with Crippen LogP contribution in [0.3, 0.4) is 0 Å². The Bertz CT molecular complexity index is 82.2. The molecule has 0 saturated carbocycles. The van der Waals surface area contributed by atoms with Crippen LogP contribution in [0.15, 0.2) is 24.5 Å². The van der Waals surface area contributed by atoms with Crippen molar-refractivity contribution in [3.05, 3.63) is 24.5 Å². The van der Waals surface area contributed by atoms with Gasteiger partial charge in [0.2, 0.25) is 0 Å². The van der Waals surface area contributed by atoms with Gasteiger partial charge in [-0.15, -0.1) is 0 Å². The maximum absolute atomic E-state index is 8.13. The second kappa shape index (κ2) is 3.47. The zero-order valence-electron chi connectivity index (χ0n) is 4.52. The van der Waals surface area contributed by atoms with Gasteiger partial charge >= 0.3 is 0 Å². The normalized spacial score (nSPS) is 9.86. The Labute approximate surface area is 44.0 Å². The van der Waals surface area contributed by atoms with E-state index in [0.29, 0.717) is 0 Å². The largest absolute Gasteiger partial charge is 0.516 e. The third kappa shape index (κ3) is 3.10. The minimum Gasteiger partial charge on any atom is -0.516 e. The molecule has 1 nitrogen and oxygen atoms in total. The summed E-state index contributed by atoms with van der Waals surface area (Å²) in [6.07, 6.45) is 3.49. The van der Waals surface area contributed by atoms with Crippen molar-refractivity contribution in [2.24, 2.45) is 0 Å². The van der Waals surface area contributed by atoms with E-state index in [-0.39, 0.29) is 0 Å². The van der Waals surface area contributed by atoms with E-state index in [9.17, 15) is 0 Å². The molecule has 1 heteroatoms. The monoisotopic (exact) mass is 98.1 g/mol. The average Bonchev–Trinajstić information content (AvgIpc) is 1.68. The van der Waals surface area contributed by atoms with E-state index in [1.165, 1.54) is 0 Å². The van der Waals surface area contributed by atoms with E-state index in [1.54, 1.807) is 6.08 Å². The summed E-state index contributed by atoms with van der Waals surface area (Å²) >= 11 is 0. The van der Waals surface area contributed by atoms with E-state index in [1.807, 2.05) is 6.92 Å². The van der Waals surface area contributed by atoms with Crippen LogP contribution in [0.4, 0.5) is 0 Å². The first-order valence-corrected chi connectivity index (χ1v) is 2.29. The van der Waals surface area contributed by atoms with Crippen molar-refractivity contribution in [3.63, 3.8) is 0 Å². The SMILES string of the molecule is C=C(/C=C\O)CC. The molecular weight excluding hydrogens is 88.1 g/mol. The Morgan fingerprint density at radius 3 is 2.57 bits per heavy atom. The smallest absolute Gasteiger partial charge is 0.0794 e. The fourth-order valence-corrected chi connectivity index (χ4v) is 0.223. The molecule has 0 heterocycles. The van der Waals surface area contributed by atoms with Crippen molar-refractivity contribution in [1.82, 2.24) is 0 Å². The van der Waals surface area contributed by atoms with Crippen molar-refractivity contribution < 1.29 is 5.11 Å². The molecule has 0 bridgehead atoms. The highest BCUT2D eigenvalue weighted by molar-refractivity contribution is 5.10. The fraction of sp³-hybridized carbons (Fsp3) is 0.333. The molecule has 0 rings (SSSR count). The van der Waals surface area contributed by atoms with E-state index in [4.69, 9.17) is 5.11 Å². The van der Waals surface area contributed by atoms with Crippen LogP contribution in [0.25, 0.3) is 0 Å². The number of allylic oxidation sites excluding steroid dienone is 2. The van der Waals surface area contributed by atoms with E-state index in [2.05, 4.69) is 6.58 Å². The van der Waals surface area contributed by atoms with Crippen LogP contribution in [-0.2, 0) is 0 Å². The molecule has 0 amide bonds. The minimum atomic E-state index is 0.900. The predicted octanol–water partition coefficient (Wildman–Crippen LogP) is 2.02. The molecule has 7 heavy (non-hydrogen) atoms. The van der Waals surface area contributed by atoms with Crippen LogP contribution in [0.5, 0.6) is 0 Å². The standard InChI is InChI=1S/C6H10O/c1-3-6(2)4-5-7/h4-5,7H,2-3H2,1H3/b5-4-. The van der Waals surface area contributed by atoms with Crippen molar-refractivity contribution in [1.29, 1.82) is 0 Å². The van der Waals surface area contributed by atoms with Gasteiger partial charge in [-0.05, 0) is 12.5 Å². The Morgan fingerprint density at radius 2 is 2.43 bits per heavy atom. The zero-order valence-corrected chi connectivity index (χ0v) is 4.52. The summed E-state index contributed by atoms with van der Waals surface area (Å²) in [5.74, 6) is 0. The highest BCUT2D eigenvalue weighted by Gasteiger charge is 1.76. The second-order valence-electron chi connectivity index (χ2n) is 1.33. The first-order chi connectivity index (χ1) is 3.31. The molecule has 0 radical (unpaired) electrons. The lowest BCUT2D eigenvalue weighted by Crippen LogP contribution is -1.66. The molecular formula is C6H10O. The number of aliphatic hydroxyl groups is 1. The summed E-state index contributed by atoms with van der Waals surface area (Å²) < 4.78 is 0. The summed E-state index contributed by atoms with van der Waals surface area (Å²) in [5, 5.41) is 8.13. The van der Waals surface area contributed by atoms with Gasteiger partial charge in [0.15, 0.2) is 0 Å². The lowest BCUT2D eigenvalue weighted by Gasteiger charge is -1.85. The summed E-state index contributed by atoms with van der Waals surface area (Å²) in [4.78, 5) is 0. The molecule has 0 aromatic carbocycles. The maximum atomic E-state index is 8.13. The zero-order chi connectivity index (χ0) is 5.70. The van der Waals surface area contributed by atoms with Gasteiger partial charge in [0, 0.05) is 0 Å². The van der Waals surface area contributed by atoms with Crippen LogP contribution in [0.1, 0.15) is 13.3 Å².